The van der Waals surface area contributed by atoms with Crippen LogP contribution in [0.2, 0.25) is 0 Å². The van der Waals surface area contributed by atoms with Crippen LogP contribution in [0.4, 0.5) is 5.95 Å². The van der Waals surface area contributed by atoms with Gasteiger partial charge in [-0.15, -0.1) is 5.10 Å². The largest absolute Gasteiger partial charge is 0.495 e. The first-order valence-corrected chi connectivity index (χ1v) is 5.12. The Balaban J connectivity index is 2.72. The topological polar surface area (TPSA) is 68.9 Å². The first-order valence-electron chi connectivity index (χ1n) is 4.71. The summed E-state index contributed by atoms with van der Waals surface area (Å²) in [6, 6.07) is 5.78. The number of nitrogen functional groups attached to an aromatic ring is 1. The third-order valence-corrected chi connectivity index (χ3v) is 2.55. The molecular formula is C10H12N4OS. The first kappa shape index (κ1) is 10.7. The highest BCUT2D eigenvalue weighted by Gasteiger charge is 2.10. The molecule has 2 rings (SSSR count). The third-order valence-electron chi connectivity index (χ3n) is 2.27. The summed E-state index contributed by atoms with van der Waals surface area (Å²) in [7, 11) is 1.61. The predicted molar refractivity (Wildman–Crippen MR) is 64.5 cm³/mol. The zero-order valence-electron chi connectivity index (χ0n) is 9.02. The standard InChI is InChI=1S/C10H12N4OS/c1-6-3-4-8(15-2)7(5-6)14-9(11)12-13-10(14)16/h3-5H,1-2H3,(H2,11,12)(H,13,16). The molecule has 0 aliphatic rings. The summed E-state index contributed by atoms with van der Waals surface area (Å²) in [5.41, 5.74) is 7.63. The van der Waals surface area contributed by atoms with Crippen molar-refractivity contribution in [2.75, 3.05) is 12.8 Å². The third kappa shape index (κ3) is 1.67. The Morgan fingerprint density at radius 1 is 1.50 bits per heavy atom. The Labute approximate surface area is 97.9 Å². The molecule has 2 aromatic rings. The number of benzene rings is 1. The second-order valence-corrected chi connectivity index (χ2v) is 3.78. The molecule has 1 aromatic carbocycles. The number of hydrogen-bond acceptors (Lipinski definition) is 4. The molecular weight excluding hydrogens is 224 g/mol. The van der Waals surface area contributed by atoms with Crippen LogP contribution in [-0.2, 0) is 0 Å². The van der Waals surface area contributed by atoms with E-state index < -0.39 is 0 Å². The number of methoxy groups -OCH3 is 1. The van der Waals surface area contributed by atoms with Gasteiger partial charge in [-0.1, -0.05) is 6.07 Å². The van der Waals surface area contributed by atoms with Crippen molar-refractivity contribution in [1.82, 2.24) is 14.8 Å². The lowest BCUT2D eigenvalue weighted by Crippen LogP contribution is -2.03. The monoisotopic (exact) mass is 236 g/mol. The number of ether oxygens (including phenoxy) is 1. The summed E-state index contributed by atoms with van der Waals surface area (Å²) in [5, 5.41) is 6.51. The van der Waals surface area contributed by atoms with Gasteiger partial charge in [-0.3, -0.25) is 4.57 Å². The number of anilines is 1. The average molecular weight is 236 g/mol. The predicted octanol–water partition coefficient (Wildman–Crippen LogP) is 1.83. The summed E-state index contributed by atoms with van der Waals surface area (Å²) >= 11 is 5.12. The summed E-state index contributed by atoms with van der Waals surface area (Å²) < 4.78 is 7.36. The molecule has 0 atom stereocenters. The number of nitrogens with one attached hydrogen (secondary N) is 1. The van der Waals surface area contributed by atoms with Crippen molar-refractivity contribution in [3.63, 3.8) is 0 Å². The molecule has 0 bridgehead atoms. The summed E-state index contributed by atoms with van der Waals surface area (Å²) in [6.45, 7) is 1.99. The van der Waals surface area contributed by atoms with Crippen LogP contribution in [0.1, 0.15) is 5.56 Å². The molecule has 1 aromatic heterocycles. The SMILES string of the molecule is COc1ccc(C)cc1-n1c(N)n[nH]c1=S. The van der Waals surface area contributed by atoms with Gasteiger partial charge in [0.2, 0.25) is 10.7 Å². The Hall–Kier alpha value is -1.82. The number of aryl methyl sites for hydroxylation is 1. The highest BCUT2D eigenvalue weighted by atomic mass is 32.1. The molecule has 0 saturated heterocycles. The number of aromatic amines is 1. The van der Waals surface area contributed by atoms with Crippen molar-refractivity contribution >= 4 is 18.2 Å². The summed E-state index contributed by atoms with van der Waals surface area (Å²) in [4.78, 5) is 0. The van der Waals surface area contributed by atoms with E-state index in [4.69, 9.17) is 22.7 Å². The van der Waals surface area contributed by atoms with Gasteiger partial charge in [0, 0.05) is 0 Å². The maximum atomic E-state index is 5.75. The highest BCUT2D eigenvalue weighted by Crippen LogP contribution is 2.25. The van der Waals surface area contributed by atoms with Gasteiger partial charge in [-0.05, 0) is 36.8 Å². The van der Waals surface area contributed by atoms with Crippen LogP contribution in [0.15, 0.2) is 18.2 Å². The number of nitrogens with two attached hydrogens (primary N) is 1. The molecule has 0 aliphatic carbocycles. The van der Waals surface area contributed by atoms with Crippen molar-refractivity contribution in [2.45, 2.75) is 6.92 Å². The molecule has 0 fully saturated rings. The Morgan fingerprint density at radius 2 is 2.25 bits per heavy atom. The van der Waals surface area contributed by atoms with Crippen LogP contribution in [0.3, 0.4) is 0 Å². The molecule has 0 amide bonds. The van der Waals surface area contributed by atoms with Crippen LogP contribution in [-0.4, -0.2) is 21.9 Å². The molecule has 5 nitrogen and oxygen atoms in total. The molecule has 16 heavy (non-hydrogen) atoms. The number of nitrogens with zero attached hydrogens (tertiary/aromatic N) is 2. The minimum Gasteiger partial charge on any atom is -0.495 e. The minimum absolute atomic E-state index is 0.314. The van der Waals surface area contributed by atoms with Crippen molar-refractivity contribution in [3.8, 4) is 11.4 Å². The van der Waals surface area contributed by atoms with E-state index in [2.05, 4.69) is 10.2 Å². The second kappa shape index (κ2) is 3.97. The lowest BCUT2D eigenvalue weighted by Gasteiger charge is -2.10. The Morgan fingerprint density at radius 3 is 2.81 bits per heavy atom. The number of H-pyrrole nitrogens is 1. The van der Waals surface area contributed by atoms with Crippen LogP contribution in [0, 0.1) is 11.7 Å². The maximum absolute atomic E-state index is 5.75. The zero-order valence-corrected chi connectivity index (χ0v) is 9.84. The fraction of sp³-hybridized carbons (Fsp3) is 0.200. The second-order valence-electron chi connectivity index (χ2n) is 3.40. The van der Waals surface area contributed by atoms with E-state index in [9.17, 15) is 0 Å². The molecule has 0 radical (unpaired) electrons. The molecule has 1 heterocycles. The molecule has 0 unspecified atom stereocenters. The van der Waals surface area contributed by atoms with Gasteiger partial charge in [0.25, 0.3) is 0 Å². The minimum atomic E-state index is 0.314. The number of hydrogen-bond donors (Lipinski definition) is 2. The normalized spacial score (nSPS) is 10.4. The van der Waals surface area contributed by atoms with E-state index in [1.54, 1.807) is 11.7 Å². The van der Waals surface area contributed by atoms with Crippen LogP contribution >= 0.6 is 12.2 Å². The van der Waals surface area contributed by atoms with Gasteiger partial charge >= 0.3 is 0 Å². The fourth-order valence-corrected chi connectivity index (χ4v) is 1.75. The van der Waals surface area contributed by atoms with E-state index in [1.165, 1.54) is 0 Å². The van der Waals surface area contributed by atoms with E-state index in [-0.39, 0.29) is 0 Å². The fourth-order valence-electron chi connectivity index (χ4n) is 1.52. The summed E-state index contributed by atoms with van der Waals surface area (Å²) in [5.74, 6) is 1.02. The van der Waals surface area contributed by atoms with Crippen LogP contribution < -0.4 is 10.5 Å². The van der Waals surface area contributed by atoms with Gasteiger partial charge < -0.3 is 10.5 Å². The van der Waals surface area contributed by atoms with Gasteiger partial charge in [0.05, 0.1) is 12.8 Å². The van der Waals surface area contributed by atoms with Crippen LogP contribution in [0.5, 0.6) is 5.75 Å². The molecule has 0 spiro atoms. The van der Waals surface area contributed by atoms with E-state index in [0.717, 1.165) is 11.3 Å². The summed E-state index contributed by atoms with van der Waals surface area (Å²) in [6.07, 6.45) is 0. The molecule has 0 aliphatic heterocycles. The lowest BCUT2D eigenvalue weighted by molar-refractivity contribution is 0.413. The quantitative estimate of drug-likeness (QED) is 0.780. The number of aromatic nitrogens is 3. The Bertz CT molecular complexity index is 572. The van der Waals surface area contributed by atoms with Crippen molar-refractivity contribution in [2.24, 2.45) is 0 Å². The average Bonchev–Trinajstić information content (AvgIpc) is 2.58. The van der Waals surface area contributed by atoms with E-state index >= 15 is 0 Å². The zero-order chi connectivity index (χ0) is 11.7. The van der Waals surface area contributed by atoms with Gasteiger partial charge in [-0.25, -0.2) is 5.10 Å². The lowest BCUT2D eigenvalue weighted by atomic mass is 10.2. The van der Waals surface area contributed by atoms with Crippen molar-refractivity contribution < 1.29 is 4.74 Å². The molecule has 3 N–H and O–H groups in total. The first-order chi connectivity index (χ1) is 7.63. The van der Waals surface area contributed by atoms with Gasteiger partial charge in [0.1, 0.15) is 5.75 Å². The van der Waals surface area contributed by atoms with Crippen molar-refractivity contribution in [1.29, 1.82) is 0 Å². The highest BCUT2D eigenvalue weighted by molar-refractivity contribution is 7.71. The van der Waals surface area contributed by atoms with Crippen molar-refractivity contribution in [3.05, 3.63) is 28.5 Å². The number of rotatable bonds is 2. The van der Waals surface area contributed by atoms with Crippen LogP contribution in [0.25, 0.3) is 5.69 Å². The molecule has 0 saturated carbocycles. The smallest absolute Gasteiger partial charge is 0.225 e. The molecule has 6 heteroatoms. The van der Waals surface area contributed by atoms with Gasteiger partial charge in [-0.2, -0.15) is 0 Å². The Kier molecular flexibility index (Phi) is 2.66. The maximum Gasteiger partial charge on any atom is 0.225 e. The van der Waals surface area contributed by atoms with E-state index in [0.29, 0.717) is 16.5 Å². The van der Waals surface area contributed by atoms with Gasteiger partial charge in [0.15, 0.2) is 0 Å². The van der Waals surface area contributed by atoms with E-state index in [1.807, 2.05) is 25.1 Å². The molecule has 84 valence electrons.